The summed E-state index contributed by atoms with van der Waals surface area (Å²) in [7, 11) is 0. The van der Waals surface area contributed by atoms with Crippen LogP contribution in [0.5, 0.6) is 0 Å². The predicted octanol–water partition coefficient (Wildman–Crippen LogP) is 1.06. The summed E-state index contributed by atoms with van der Waals surface area (Å²) in [5.41, 5.74) is 7.90. The van der Waals surface area contributed by atoms with Crippen LogP contribution in [-0.2, 0) is 6.54 Å². The van der Waals surface area contributed by atoms with Crippen molar-refractivity contribution in [3.63, 3.8) is 0 Å². The van der Waals surface area contributed by atoms with E-state index in [1.165, 1.54) is 0 Å². The minimum Gasteiger partial charge on any atom is -0.397 e. The van der Waals surface area contributed by atoms with Crippen LogP contribution in [0.1, 0.15) is 35.1 Å². The maximum absolute atomic E-state index is 12.1. The van der Waals surface area contributed by atoms with Gasteiger partial charge in [0, 0.05) is 18.4 Å². The molecule has 18 heavy (non-hydrogen) atoms. The van der Waals surface area contributed by atoms with E-state index in [-0.39, 0.29) is 5.91 Å². The summed E-state index contributed by atoms with van der Waals surface area (Å²) < 4.78 is 1.97. The number of carbonyl (C=O) groups excluding carboxylic acids is 1. The fraction of sp³-hybridized carbons (Fsp3) is 0.333. The second-order valence-electron chi connectivity index (χ2n) is 4.56. The van der Waals surface area contributed by atoms with E-state index in [9.17, 15) is 4.79 Å². The highest BCUT2D eigenvalue weighted by molar-refractivity contribution is 5.93. The van der Waals surface area contributed by atoms with Gasteiger partial charge in [0.1, 0.15) is 5.69 Å². The number of anilines is 1. The van der Waals surface area contributed by atoms with Crippen molar-refractivity contribution in [2.75, 3.05) is 5.73 Å². The van der Waals surface area contributed by atoms with Crippen LogP contribution in [-0.4, -0.2) is 20.7 Å². The molecule has 0 aliphatic heterocycles. The van der Waals surface area contributed by atoms with Crippen LogP contribution in [0.3, 0.4) is 0 Å². The number of hydrogen-bond acceptors (Lipinski definition) is 3. The summed E-state index contributed by atoms with van der Waals surface area (Å²) in [6, 6.07) is 3.99. The van der Waals surface area contributed by atoms with Crippen LogP contribution in [0.4, 0.5) is 5.69 Å². The largest absolute Gasteiger partial charge is 0.397 e. The molecule has 1 amide bonds. The lowest BCUT2D eigenvalue weighted by Crippen LogP contribution is -2.25. The Bertz CT molecular complexity index is 553. The molecule has 2 aromatic heterocycles. The van der Waals surface area contributed by atoms with Crippen LogP contribution < -0.4 is 11.1 Å². The molecule has 1 saturated carbocycles. The first-order chi connectivity index (χ1) is 8.74. The van der Waals surface area contributed by atoms with Crippen molar-refractivity contribution >= 4 is 11.6 Å². The first-order valence-electron chi connectivity index (χ1n) is 5.98. The van der Waals surface area contributed by atoms with Gasteiger partial charge >= 0.3 is 0 Å². The van der Waals surface area contributed by atoms with Crippen LogP contribution in [0.15, 0.2) is 24.5 Å². The van der Waals surface area contributed by atoms with E-state index in [1.54, 1.807) is 12.3 Å². The molecule has 3 rings (SSSR count). The number of nitrogen functional groups attached to an aromatic ring is 1. The monoisotopic (exact) mass is 245 g/mol. The minimum atomic E-state index is -0.104. The summed E-state index contributed by atoms with van der Waals surface area (Å²) in [5, 5.41) is 9.49. The van der Waals surface area contributed by atoms with Gasteiger partial charge in [-0.2, -0.15) is 5.10 Å². The number of nitrogens with zero attached hydrogens (tertiary/aromatic N) is 2. The second kappa shape index (κ2) is 4.21. The predicted molar refractivity (Wildman–Crippen MR) is 66.9 cm³/mol. The summed E-state index contributed by atoms with van der Waals surface area (Å²) in [6.45, 7) is 0.439. The number of hydrogen-bond donors (Lipinski definition) is 3. The van der Waals surface area contributed by atoms with Gasteiger partial charge in [0.2, 0.25) is 0 Å². The molecular weight excluding hydrogens is 230 g/mol. The number of amides is 1. The van der Waals surface area contributed by atoms with E-state index in [0.717, 1.165) is 18.5 Å². The van der Waals surface area contributed by atoms with Gasteiger partial charge in [0.05, 0.1) is 17.9 Å². The second-order valence-corrected chi connectivity index (χ2v) is 4.56. The summed E-state index contributed by atoms with van der Waals surface area (Å²) in [6.07, 6.45) is 5.74. The van der Waals surface area contributed by atoms with E-state index in [1.807, 2.05) is 16.8 Å². The van der Waals surface area contributed by atoms with Gasteiger partial charge in [0.15, 0.2) is 0 Å². The van der Waals surface area contributed by atoms with E-state index in [4.69, 9.17) is 5.73 Å². The van der Waals surface area contributed by atoms with E-state index >= 15 is 0 Å². The SMILES string of the molecule is Nc1cc(C(=O)NCc2ccn[nH]2)n(C2CC2)c1. The van der Waals surface area contributed by atoms with Crippen molar-refractivity contribution in [1.82, 2.24) is 20.1 Å². The number of H-pyrrole nitrogens is 1. The smallest absolute Gasteiger partial charge is 0.268 e. The zero-order valence-electron chi connectivity index (χ0n) is 9.89. The summed E-state index contributed by atoms with van der Waals surface area (Å²) in [4.78, 5) is 12.1. The van der Waals surface area contributed by atoms with Crippen molar-refractivity contribution in [2.24, 2.45) is 0 Å². The highest BCUT2D eigenvalue weighted by Gasteiger charge is 2.27. The molecule has 4 N–H and O–H groups in total. The van der Waals surface area contributed by atoms with E-state index < -0.39 is 0 Å². The molecule has 6 heteroatoms. The molecule has 2 heterocycles. The molecule has 0 aromatic carbocycles. The van der Waals surface area contributed by atoms with Gasteiger partial charge in [-0.05, 0) is 25.0 Å². The third-order valence-electron chi connectivity index (χ3n) is 3.04. The number of carbonyl (C=O) groups is 1. The third-order valence-corrected chi connectivity index (χ3v) is 3.04. The van der Waals surface area contributed by atoms with Gasteiger partial charge in [-0.25, -0.2) is 0 Å². The molecule has 1 fully saturated rings. The molecule has 1 aliphatic rings. The molecule has 0 radical (unpaired) electrons. The maximum Gasteiger partial charge on any atom is 0.268 e. The number of aromatic amines is 1. The van der Waals surface area contributed by atoms with Gasteiger partial charge in [0.25, 0.3) is 5.91 Å². The summed E-state index contributed by atoms with van der Waals surface area (Å²) >= 11 is 0. The molecule has 0 spiro atoms. The van der Waals surface area contributed by atoms with Crippen LogP contribution >= 0.6 is 0 Å². The molecular formula is C12H15N5O. The molecule has 0 saturated heterocycles. The van der Waals surface area contributed by atoms with Crippen LogP contribution in [0.2, 0.25) is 0 Å². The molecule has 0 bridgehead atoms. The lowest BCUT2D eigenvalue weighted by atomic mass is 10.3. The Morgan fingerprint density at radius 3 is 3.11 bits per heavy atom. The highest BCUT2D eigenvalue weighted by atomic mass is 16.1. The zero-order chi connectivity index (χ0) is 12.5. The van der Waals surface area contributed by atoms with Crippen molar-refractivity contribution in [3.8, 4) is 0 Å². The van der Waals surface area contributed by atoms with Gasteiger partial charge in [-0.3, -0.25) is 9.89 Å². The molecule has 0 atom stereocenters. The summed E-state index contributed by atoms with van der Waals surface area (Å²) in [5.74, 6) is -0.104. The van der Waals surface area contributed by atoms with E-state index in [2.05, 4.69) is 15.5 Å². The zero-order valence-corrected chi connectivity index (χ0v) is 9.89. The fourth-order valence-corrected chi connectivity index (χ4v) is 1.99. The highest BCUT2D eigenvalue weighted by Crippen LogP contribution is 2.37. The number of aromatic nitrogens is 3. The van der Waals surface area contributed by atoms with Crippen molar-refractivity contribution in [2.45, 2.75) is 25.4 Å². The quantitative estimate of drug-likeness (QED) is 0.752. The van der Waals surface area contributed by atoms with Gasteiger partial charge in [-0.1, -0.05) is 0 Å². The van der Waals surface area contributed by atoms with Gasteiger partial charge < -0.3 is 15.6 Å². The Labute approximate surface area is 104 Å². The Kier molecular flexibility index (Phi) is 2.55. The van der Waals surface area contributed by atoms with E-state index in [0.29, 0.717) is 24.0 Å². The van der Waals surface area contributed by atoms with Crippen molar-refractivity contribution < 1.29 is 4.79 Å². The average Bonchev–Trinajstić information content (AvgIpc) is 2.92. The number of rotatable bonds is 4. The van der Waals surface area contributed by atoms with Crippen LogP contribution in [0.25, 0.3) is 0 Å². The number of nitrogens with one attached hydrogen (secondary N) is 2. The Morgan fingerprint density at radius 2 is 2.44 bits per heavy atom. The third kappa shape index (κ3) is 2.09. The first kappa shape index (κ1) is 10.9. The average molecular weight is 245 g/mol. The molecule has 1 aliphatic carbocycles. The minimum absolute atomic E-state index is 0.104. The lowest BCUT2D eigenvalue weighted by Gasteiger charge is -2.07. The van der Waals surface area contributed by atoms with Gasteiger partial charge in [-0.15, -0.1) is 0 Å². The molecule has 6 nitrogen and oxygen atoms in total. The molecule has 0 unspecified atom stereocenters. The topological polar surface area (TPSA) is 88.7 Å². The standard InChI is InChI=1S/C12H15N5O/c13-8-5-11(17(7-8)10-1-2-10)12(18)14-6-9-3-4-15-16-9/h3-5,7,10H,1-2,6,13H2,(H,14,18)(H,15,16). The number of nitrogens with two attached hydrogens (primary N) is 1. The molecule has 2 aromatic rings. The Balaban J connectivity index is 1.71. The Hall–Kier alpha value is -2.24. The maximum atomic E-state index is 12.1. The Morgan fingerprint density at radius 1 is 1.61 bits per heavy atom. The van der Waals surface area contributed by atoms with Crippen molar-refractivity contribution in [1.29, 1.82) is 0 Å². The fourth-order valence-electron chi connectivity index (χ4n) is 1.99. The van der Waals surface area contributed by atoms with Crippen molar-refractivity contribution in [3.05, 3.63) is 35.9 Å². The molecule has 94 valence electrons. The first-order valence-corrected chi connectivity index (χ1v) is 5.98. The normalized spacial score (nSPS) is 14.7. The van der Waals surface area contributed by atoms with Crippen LogP contribution in [0, 0.1) is 0 Å². The lowest BCUT2D eigenvalue weighted by molar-refractivity contribution is 0.0941.